The lowest BCUT2D eigenvalue weighted by molar-refractivity contribution is -0.592. The molecule has 0 radical (unpaired) electrons. The van der Waals surface area contributed by atoms with E-state index in [2.05, 4.69) is 0 Å². The van der Waals surface area contributed by atoms with Gasteiger partial charge in [-0.15, -0.1) is 0 Å². The molecular weight excluding hydrogens is 356 g/mol. The third-order valence-electron chi connectivity index (χ3n) is 8.33. The van der Waals surface area contributed by atoms with Crippen molar-refractivity contribution in [3.63, 3.8) is 0 Å². The highest BCUT2D eigenvalue weighted by atomic mass is 16.6. The molecule has 6 aliphatic rings. The van der Waals surface area contributed by atoms with Crippen LogP contribution in [0.1, 0.15) is 13.8 Å². The van der Waals surface area contributed by atoms with E-state index in [9.17, 15) is 19.2 Å². The van der Waals surface area contributed by atoms with Gasteiger partial charge in [-0.1, -0.05) is 0 Å². The standard InChI is InChI=1S/C19H22O8/c1-6(20)26-5-18-12-10-8(16(22)24-3)9(17(23)25-4)11-14(12)19(18,27-7(2)21)15(11)13(10)18/h8-15H,5H2,1-4H3/t8-,9+,10?,11?,12-,13+,14-,15-,18?,19?/m1/s1. The zero-order chi connectivity index (χ0) is 19.5. The highest BCUT2D eigenvalue weighted by molar-refractivity contribution is 5.86. The van der Waals surface area contributed by atoms with Crippen molar-refractivity contribution in [1.82, 2.24) is 0 Å². The predicted molar refractivity (Wildman–Crippen MR) is 85.5 cm³/mol. The molecule has 0 aromatic rings. The van der Waals surface area contributed by atoms with Crippen LogP contribution in [0.3, 0.4) is 0 Å². The van der Waals surface area contributed by atoms with Crippen LogP contribution < -0.4 is 0 Å². The van der Waals surface area contributed by atoms with Crippen molar-refractivity contribution in [1.29, 1.82) is 0 Å². The molecule has 0 heterocycles. The lowest BCUT2D eigenvalue weighted by atomic mass is 9.02. The lowest BCUT2D eigenvalue weighted by Crippen LogP contribution is -3.08. The topological polar surface area (TPSA) is 105 Å². The van der Waals surface area contributed by atoms with Crippen molar-refractivity contribution >= 4 is 23.9 Å². The highest BCUT2D eigenvalue weighted by Crippen LogP contribution is 3.00. The van der Waals surface area contributed by atoms with Gasteiger partial charge in [-0.05, 0) is 23.7 Å². The number of methoxy groups -OCH3 is 2. The normalized spacial score (nSPS) is 51.3. The smallest absolute Gasteiger partial charge is 0.309 e. The minimum absolute atomic E-state index is 0.0157. The first-order chi connectivity index (χ1) is 12.8. The van der Waals surface area contributed by atoms with E-state index in [4.69, 9.17) is 18.9 Å². The number of fused-ring (bicyclic) bond motifs is 1. The Balaban J connectivity index is 1.53. The summed E-state index contributed by atoms with van der Waals surface area (Å²) in [5, 5.41) is 0. The van der Waals surface area contributed by atoms with Gasteiger partial charge in [0.15, 0.2) is 0 Å². The molecule has 0 N–H and O–H groups in total. The van der Waals surface area contributed by atoms with E-state index >= 15 is 0 Å². The average Bonchev–Trinajstić information content (AvgIpc) is 2.63. The molecule has 0 aromatic carbocycles. The Bertz CT molecular complexity index is 767. The van der Waals surface area contributed by atoms with Crippen molar-refractivity contribution in [2.75, 3.05) is 20.8 Å². The molecule has 8 nitrogen and oxygen atoms in total. The summed E-state index contributed by atoms with van der Waals surface area (Å²) in [7, 11) is 2.65. The molecule has 27 heavy (non-hydrogen) atoms. The summed E-state index contributed by atoms with van der Waals surface area (Å²) in [6, 6.07) is 0. The van der Waals surface area contributed by atoms with E-state index in [1.54, 1.807) is 0 Å². The average molecular weight is 378 g/mol. The molecule has 6 saturated carbocycles. The Morgan fingerprint density at radius 3 is 1.67 bits per heavy atom. The second kappa shape index (κ2) is 4.83. The minimum atomic E-state index is -0.655. The van der Waals surface area contributed by atoms with E-state index in [0.29, 0.717) is 0 Å². The number of rotatable bonds is 5. The SMILES string of the molecule is COC(=O)[C@@H]1C2[C@@H]3[C@H]4C([C@@H]1C(=O)OC)[C@H]1[C@@H]2C3(OC(C)=O)C41COC(C)=O. The molecule has 0 aliphatic heterocycles. The summed E-state index contributed by atoms with van der Waals surface area (Å²) in [6.07, 6.45) is 0. The second-order valence-corrected chi connectivity index (χ2v) is 8.56. The Morgan fingerprint density at radius 1 is 0.778 bits per heavy atom. The van der Waals surface area contributed by atoms with Crippen molar-refractivity contribution in [2.24, 2.45) is 52.8 Å². The summed E-state index contributed by atoms with van der Waals surface area (Å²) in [6.45, 7) is 2.92. The number of hydrogen-bond donors (Lipinski definition) is 0. The first-order valence-electron chi connectivity index (χ1n) is 9.28. The van der Waals surface area contributed by atoms with Gasteiger partial charge >= 0.3 is 23.9 Å². The van der Waals surface area contributed by atoms with Crippen LogP contribution in [0.15, 0.2) is 0 Å². The zero-order valence-electron chi connectivity index (χ0n) is 15.6. The quantitative estimate of drug-likeness (QED) is 0.493. The van der Waals surface area contributed by atoms with Gasteiger partial charge in [-0.25, -0.2) is 0 Å². The van der Waals surface area contributed by atoms with Crippen LogP contribution in [0.4, 0.5) is 0 Å². The molecular formula is C19H22O8. The minimum Gasteiger partial charge on any atom is -0.469 e. The van der Waals surface area contributed by atoms with Crippen molar-refractivity contribution < 1.29 is 38.1 Å². The van der Waals surface area contributed by atoms with Crippen LogP contribution in [0.2, 0.25) is 0 Å². The number of carbonyl (C=O) groups excluding carboxylic acids is 4. The number of carbonyl (C=O) groups is 4. The maximum atomic E-state index is 12.5. The first kappa shape index (κ1) is 17.0. The van der Waals surface area contributed by atoms with Gasteiger partial charge in [0.2, 0.25) is 0 Å². The summed E-state index contributed by atoms with van der Waals surface area (Å²) < 4.78 is 21.1. The molecule has 8 heteroatoms. The van der Waals surface area contributed by atoms with Gasteiger partial charge in [-0.3, -0.25) is 19.2 Å². The molecule has 2 bridgehead atoms. The van der Waals surface area contributed by atoms with Crippen LogP contribution >= 0.6 is 0 Å². The third-order valence-corrected chi connectivity index (χ3v) is 8.33. The van der Waals surface area contributed by atoms with Crippen LogP contribution in [0.25, 0.3) is 0 Å². The fourth-order valence-corrected chi connectivity index (χ4v) is 8.24. The number of ether oxygens (including phenoxy) is 4. The molecule has 0 saturated heterocycles. The highest BCUT2D eigenvalue weighted by Gasteiger charge is 3.07. The molecule has 0 amide bonds. The molecule has 6 rings (SSSR count). The van der Waals surface area contributed by atoms with Gasteiger partial charge in [0.05, 0.1) is 31.5 Å². The molecule has 6 fully saturated rings. The van der Waals surface area contributed by atoms with Gasteiger partial charge in [0.1, 0.15) is 12.2 Å². The van der Waals surface area contributed by atoms with Crippen LogP contribution in [-0.2, 0) is 38.1 Å². The van der Waals surface area contributed by atoms with Gasteiger partial charge in [-0.2, -0.15) is 0 Å². The summed E-state index contributed by atoms with van der Waals surface area (Å²) in [4.78, 5) is 48.2. The van der Waals surface area contributed by atoms with E-state index in [0.717, 1.165) is 0 Å². The Morgan fingerprint density at radius 2 is 1.26 bits per heavy atom. The van der Waals surface area contributed by atoms with E-state index in [-0.39, 0.29) is 54.1 Å². The molecule has 4 unspecified atom stereocenters. The lowest BCUT2D eigenvalue weighted by Gasteiger charge is -3.01. The first-order valence-corrected chi connectivity index (χ1v) is 9.28. The fraction of sp³-hybridized carbons (Fsp3) is 0.789. The third kappa shape index (κ3) is 1.42. The zero-order valence-corrected chi connectivity index (χ0v) is 15.6. The molecule has 0 spiro atoms. The molecule has 6 aliphatic carbocycles. The van der Waals surface area contributed by atoms with Crippen LogP contribution in [0, 0.1) is 52.8 Å². The maximum absolute atomic E-state index is 12.5. The molecule has 10 atom stereocenters. The number of esters is 4. The fourth-order valence-electron chi connectivity index (χ4n) is 8.24. The summed E-state index contributed by atoms with van der Waals surface area (Å²) >= 11 is 0. The van der Waals surface area contributed by atoms with Crippen LogP contribution in [0.5, 0.6) is 0 Å². The Labute approximate surface area is 155 Å². The van der Waals surface area contributed by atoms with Gasteiger partial charge < -0.3 is 18.9 Å². The number of hydrogen-bond acceptors (Lipinski definition) is 8. The molecule has 0 aromatic heterocycles. The largest absolute Gasteiger partial charge is 0.469 e. The van der Waals surface area contributed by atoms with E-state index in [1.165, 1.54) is 28.1 Å². The van der Waals surface area contributed by atoms with E-state index in [1.807, 2.05) is 0 Å². The van der Waals surface area contributed by atoms with Crippen LogP contribution in [-0.4, -0.2) is 50.3 Å². The van der Waals surface area contributed by atoms with Crippen molar-refractivity contribution in [3.8, 4) is 0 Å². The summed E-state index contributed by atoms with van der Waals surface area (Å²) in [5.41, 5.74) is -1.06. The van der Waals surface area contributed by atoms with Gasteiger partial charge in [0.25, 0.3) is 0 Å². The second-order valence-electron chi connectivity index (χ2n) is 8.56. The summed E-state index contributed by atoms with van der Waals surface area (Å²) in [5.74, 6) is -2.50. The maximum Gasteiger partial charge on any atom is 0.309 e. The van der Waals surface area contributed by atoms with Gasteiger partial charge in [0, 0.05) is 25.7 Å². The molecule has 146 valence electrons. The predicted octanol–water partition coefficient (Wildman–Crippen LogP) is 0.181. The monoisotopic (exact) mass is 378 g/mol. The van der Waals surface area contributed by atoms with Crippen molar-refractivity contribution in [2.45, 2.75) is 19.4 Å². The van der Waals surface area contributed by atoms with Crippen molar-refractivity contribution in [3.05, 3.63) is 0 Å². The van der Waals surface area contributed by atoms with E-state index < -0.39 is 34.8 Å². The Kier molecular flexibility index (Phi) is 3.04. The Hall–Kier alpha value is -2.12.